The van der Waals surface area contributed by atoms with Crippen molar-refractivity contribution in [2.45, 2.75) is 52.4 Å². The Labute approximate surface area is 111 Å². The smallest absolute Gasteiger partial charge is 0.251 e. The number of carbonyl (C=O) groups is 1. The highest BCUT2D eigenvalue weighted by Gasteiger charge is 2.06. The maximum Gasteiger partial charge on any atom is 0.251 e. The topological polar surface area (TPSA) is 29.1 Å². The lowest BCUT2D eigenvalue weighted by Crippen LogP contribution is -2.25. The number of rotatable bonds is 8. The van der Waals surface area contributed by atoms with Crippen LogP contribution >= 0.6 is 0 Å². The van der Waals surface area contributed by atoms with Gasteiger partial charge in [-0.1, -0.05) is 57.2 Å². The molecule has 0 spiro atoms. The normalized spacial score (nSPS) is 10.3. The van der Waals surface area contributed by atoms with Crippen LogP contribution in [0.25, 0.3) is 0 Å². The molecule has 0 saturated carbocycles. The zero-order chi connectivity index (χ0) is 13.2. The molecule has 0 bridgehead atoms. The molecule has 0 aliphatic rings. The van der Waals surface area contributed by atoms with E-state index in [2.05, 4.69) is 12.2 Å². The van der Waals surface area contributed by atoms with E-state index in [4.69, 9.17) is 0 Å². The molecule has 1 N–H and O–H groups in total. The molecule has 1 rings (SSSR count). The summed E-state index contributed by atoms with van der Waals surface area (Å²) in [6.45, 7) is 4.99. The van der Waals surface area contributed by atoms with Crippen LogP contribution in [-0.4, -0.2) is 12.5 Å². The van der Waals surface area contributed by atoms with Crippen molar-refractivity contribution in [3.63, 3.8) is 0 Å². The maximum atomic E-state index is 11.9. The number of benzene rings is 1. The van der Waals surface area contributed by atoms with Gasteiger partial charge in [0.2, 0.25) is 0 Å². The quantitative estimate of drug-likeness (QED) is 0.689. The lowest BCUT2D eigenvalue weighted by molar-refractivity contribution is 0.0952. The molecular weight excluding hydrogens is 222 g/mol. The lowest BCUT2D eigenvalue weighted by atomic mass is 10.1. The van der Waals surface area contributed by atoms with E-state index in [0.29, 0.717) is 0 Å². The zero-order valence-corrected chi connectivity index (χ0v) is 11.7. The van der Waals surface area contributed by atoms with Crippen molar-refractivity contribution in [2.24, 2.45) is 0 Å². The molecule has 0 unspecified atom stereocenters. The summed E-state index contributed by atoms with van der Waals surface area (Å²) in [6.07, 6.45) is 7.52. The highest BCUT2D eigenvalue weighted by molar-refractivity contribution is 5.95. The Morgan fingerprint density at radius 3 is 2.44 bits per heavy atom. The van der Waals surface area contributed by atoms with E-state index < -0.39 is 0 Å². The molecule has 0 aliphatic carbocycles. The van der Waals surface area contributed by atoms with Crippen molar-refractivity contribution in [1.29, 1.82) is 0 Å². The molecule has 0 aliphatic heterocycles. The van der Waals surface area contributed by atoms with Crippen LogP contribution < -0.4 is 5.32 Å². The second-order valence-electron chi connectivity index (χ2n) is 4.84. The summed E-state index contributed by atoms with van der Waals surface area (Å²) in [6, 6.07) is 7.72. The Bertz CT molecular complexity index is 360. The third-order valence-electron chi connectivity index (χ3n) is 3.21. The number of amides is 1. The van der Waals surface area contributed by atoms with Gasteiger partial charge < -0.3 is 5.32 Å². The molecular formula is C16H25NO. The first kappa shape index (κ1) is 14.7. The van der Waals surface area contributed by atoms with Crippen molar-refractivity contribution >= 4 is 5.91 Å². The van der Waals surface area contributed by atoms with Crippen LogP contribution in [0.1, 0.15) is 61.4 Å². The molecule has 0 radical (unpaired) electrons. The SMILES string of the molecule is CCCCCCCCNC(=O)c1ccccc1C. The summed E-state index contributed by atoms with van der Waals surface area (Å²) >= 11 is 0. The minimum atomic E-state index is 0.0571. The standard InChI is InChI=1S/C16H25NO/c1-3-4-5-6-7-10-13-17-16(18)15-12-9-8-11-14(15)2/h8-9,11-12H,3-7,10,13H2,1-2H3,(H,17,18). The molecule has 18 heavy (non-hydrogen) atoms. The van der Waals surface area contributed by atoms with Crippen LogP contribution in [0, 0.1) is 6.92 Å². The molecule has 0 heterocycles. The van der Waals surface area contributed by atoms with Gasteiger partial charge in [-0.25, -0.2) is 0 Å². The lowest BCUT2D eigenvalue weighted by Gasteiger charge is -2.07. The van der Waals surface area contributed by atoms with Gasteiger partial charge in [0.25, 0.3) is 5.91 Å². The van der Waals surface area contributed by atoms with Gasteiger partial charge in [0, 0.05) is 12.1 Å². The third kappa shape index (κ3) is 5.35. The molecule has 100 valence electrons. The predicted octanol–water partition coefficient (Wildman–Crippen LogP) is 4.09. The molecule has 0 fully saturated rings. The summed E-state index contributed by atoms with van der Waals surface area (Å²) in [5.41, 5.74) is 1.83. The predicted molar refractivity (Wildman–Crippen MR) is 76.9 cm³/mol. The van der Waals surface area contributed by atoms with Gasteiger partial charge in [-0.15, -0.1) is 0 Å². The van der Waals surface area contributed by atoms with Crippen LogP contribution in [0.5, 0.6) is 0 Å². The molecule has 0 aromatic heterocycles. The van der Waals surface area contributed by atoms with Crippen LogP contribution in [0.3, 0.4) is 0 Å². The van der Waals surface area contributed by atoms with Crippen LogP contribution in [0.15, 0.2) is 24.3 Å². The highest BCUT2D eigenvalue weighted by Crippen LogP contribution is 2.07. The van der Waals surface area contributed by atoms with E-state index in [9.17, 15) is 4.79 Å². The molecule has 1 aromatic carbocycles. The summed E-state index contributed by atoms with van der Waals surface area (Å²) in [4.78, 5) is 11.9. The summed E-state index contributed by atoms with van der Waals surface area (Å²) in [5, 5.41) is 2.99. The Balaban J connectivity index is 2.16. The number of carbonyl (C=O) groups excluding carboxylic acids is 1. The van der Waals surface area contributed by atoms with E-state index in [0.717, 1.165) is 24.1 Å². The first-order valence-corrected chi connectivity index (χ1v) is 7.09. The molecule has 2 heteroatoms. The zero-order valence-electron chi connectivity index (χ0n) is 11.7. The number of aryl methyl sites for hydroxylation is 1. The Morgan fingerprint density at radius 1 is 1.06 bits per heavy atom. The summed E-state index contributed by atoms with van der Waals surface area (Å²) < 4.78 is 0. The fourth-order valence-electron chi connectivity index (χ4n) is 2.03. The van der Waals surface area contributed by atoms with Crippen LogP contribution in [0.4, 0.5) is 0 Å². The molecule has 2 nitrogen and oxygen atoms in total. The van der Waals surface area contributed by atoms with E-state index in [1.54, 1.807) is 0 Å². The Kier molecular flexibility index (Phi) is 7.16. The average molecular weight is 247 g/mol. The fourth-order valence-corrected chi connectivity index (χ4v) is 2.03. The van der Waals surface area contributed by atoms with Crippen molar-refractivity contribution in [3.05, 3.63) is 35.4 Å². The molecule has 1 amide bonds. The monoisotopic (exact) mass is 247 g/mol. The van der Waals surface area contributed by atoms with Gasteiger partial charge in [0.05, 0.1) is 0 Å². The molecule has 1 aromatic rings. The van der Waals surface area contributed by atoms with E-state index >= 15 is 0 Å². The summed E-state index contributed by atoms with van der Waals surface area (Å²) in [5.74, 6) is 0.0571. The Hall–Kier alpha value is -1.31. The number of hydrogen-bond donors (Lipinski definition) is 1. The van der Waals surface area contributed by atoms with E-state index in [-0.39, 0.29) is 5.91 Å². The second kappa shape index (κ2) is 8.73. The van der Waals surface area contributed by atoms with Gasteiger partial charge in [-0.05, 0) is 25.0 Å². The van der Waals surface area contributed by atoms with E-state index in [1.807, 2.05) is 31.2 Å². The third-order valence-corrected chi connectivity index (χ3v) is 3.21. The number of hydrogen-bond acceptors (Lipinski definition) is 1. The van der Waals surface area contributed by atoms with Gasteiger partial charge in [-0.3, -0.25) is 4.79 Å². The largest absolute Gasteiger partial charge is 0.352 e. The van der Waals surface area contributed by atoms with Gasteiger partial charge in [0.15, 0.2) is 0 Å². The number of nitrogens with one attached hydrogen (secondary N) is 1. The minimum Gasteiger partial charge on any atom is -0.352 e. The maximum absolute atomic E-state index is 11.9. The van der Waals surface area contributed by atoms with E-state index in [1.165, 1.54) is 32.1 Å². The highest BCUT2D eigenvalue weighted by atomic mass is 16.1. The summed E-state index contributed by atoms with van der Waals surface area (Å²) in [7, 11) is 0. The molecule has 0 atom stereocenters. The first-order valence-electron chi connectivity index (χ1n) is 7.09. The van der Waals surface area contributed by atoms with Crippen molar-refractivity contribution in [1.82, 2.24) is 5.32 Å². The van der Waals surface area contributed by atoms with Crippen molar-refractivity contribution in [3.8, 4) is 0 Å². The second-order valence-corrected chi connectivity index (χ2v) is 4.84. The van der Waals surface area contributed by atoms with Gasteiger partial charge in [-0.2, -0.15) is 0 Å². The van der Waals surface area contributed by atoms with Gasteiger partial charge >= 0.3 is 0 Å². The molecule has 0 saturated heterocycles. The fraction of sp³-hybridized carbons (Fsp3) is 0.562. The number of unbranched alkanes of at least 4 members (excludes halogenated alkanes) is 5. The first-order chi connectivity index (χ1) is 8.75. The average Bonchev–Trinajstić information content (AvgIpc) is 2.38. The van der Waals surface area contributed by atoms with Crippen molar-refractivity contribution < 1.29 is 4.79 Å². The van der Waals surface area contributed by atoms with Crippen LogP contribution in [0.2, 0.25) is 0 Å². The Morgan fingerprint density at radius 2 is 1.72 bits per heavy atom. The van der Waals surface area contributed by atoms with Crippen LogP contribution in [-0.2, 0) is 0 Å². The minimum absolute atomic E-state index is 0.0571. The van der Waals surface area contributed by atoms with Crippen molar-refractivity contribution in [2.75, 3.05) is 6.54 Å². The van der Waals surface area contributed by atoms with Gasteiger partial charge in [0.1, 0.15) is 0 Å².